The quantitative estimate of drug-likeness (QED) is 0.0458. The summed E-state index contributed by atoms with van der Waals surface area (Å²) in [6.07, 6.45) is 15.2. The van der Waals surface area contributed by atoms with E-state index in [9.17, 15) is 54.0 Å². The van der Waals surface area contributed by atoms with Gasteiger partial charge in [-0.05, 0) is 285 Å². The molecule has 0 spiro atoms. The number of benzene rings is 2. The molecule has 0 unspecified atom stereocenters. The van der Waals surface area contributed by atoms with E-state index >= 15 is 0 Å². The number of fused-ring (bicyclic) bond motifs is 14. The van der Waals surface area contributed by atoms with Crippen molar-refractivity contribution < 1.29 is 63.5 Å². The van der Waals surface area contributed by atoms with Crippen molar-refractivity contribution >= 4 is 64.9 Å². The lowest BCUT2D eigenvalue weighted by atomic mass is 9.33. The molecule has 10 aliphatic rings. The molecule has 8 saturated carbocycles. The number of carboxylic acids is 2. The number of carboxylic acid groups (broad SMARTS) is 2. The van der Waals surface area contributed by atoms with Crippen LogP contribution in [0.25, 0.3) is 0 Å². The summed E-state index contributed by atoms with van der Waals surface area (Å²) in [4.78, 5) is 94.1. The number of carbonyl (C=O) groups is 7. The molecule has 116 heavy (non-hydrogen) atoms. The molecule has 2 aromatic carbocycles. The number of halogens is 2. The SMILES string of the molecule is C.CC(C)C1=C2[C@H]3CC[C@@H]4[C@@]5(C)CC[C@H](OC(=O)CC(C)(C)C(=O)O)C(C)(C)[C@@H]5CC[C@@]4(C)[C@]3(C)CC[C@@]2([C@@H](O)CN(CCN(C)C)Cc2ccc(Cl)cc2)CC1=O.CC(C)C1=C2[C@H]3CC[C@@H]4[C@@]5(C)CC[C@H](OC(=O)CC(C)(C)C(=O)O)C(C)(C)[C@@H]5CC[C@@]4(C)[C@]3(C)CC[C@@]2([C@@H](O)CNCc2ccc(Cl)cc2)CC1=O.CN(C)CC=O. The summed E-state index contributed by atoms with van der Waals surface area (Å²) in [7, 11) is 7.88. The minimum absolute atomic E-state index is 0. The van der Waals surface area contributed by atoms with Gasteiger partial charge in [0.1, 0.15) is 18.5 Å². The van der Waals surface area contributed by atoms with Crippen molar-refractivity contribution in [3.05, 3.63) is 92.0 Å². The van der Waals surface area contributed by atoms with Crippen LogP contribution >= 0.6 is 23.2 Å². The molecule has 12 rings (SSSR count). The van der Waals surface area contributed by atoms with Gasteiger partial charge in [-0.25, -0.2) is 0 Å². The number of hydrogen-bond acceptors (Lipinski definition) is 15. The maximum atomic E-state index is 14.3. The van der Waals surface area contributed by atoms with Gasteiger partial charge in [-0.15, -0.1) is 0 Å². The van der Waals surface area contributed by atoms with Crippen LogP contribution in [-0.4, -0.2) is 162 Å². The van der Waals surface area contributed by atoms with E-state index in [1.165, 1.54) is 11.1 Å². The van der Waals surface area contributed by atoms with Gasteiger partial charge in [0, 0.05) is 83.8 Å². The third-order valence-electron chi connectivity index (χ3n) is 33.6. The first-order chi connectivity index (χ1) is 53.3. The van der Waals surface area contributed by atoms with Crippen molar-refractivity contribution in [2.45, 2.75) is 298 Å². The number of nitrogens with one attached hydrogen (secondary N) is 1. The van der Waals surface area contributed by atoms with E-state index in [4.69, 9.17) is 32.7 Å². The topological polar surface area (TPSA) is 241 Å². The average Bonchev–Trinajstić information content (AvgIpc) is 1.27. The Hall–Kier alpha value is -4.85. The van der Waals surface area contributed by atoms with E-state index < -0.39 is 57.7 Å². The number of hydrogen-bond donors (Lipinski definition) is 5. The summed E-state index contributed by atoms with van der Waals surface area (Å²) in [6, 6.07) is 15.8. The lowest BCUT2D eigenvalue weighted by Gasteiger charge is -2.72. The number of allylic oxidation sites excluding steroid dienone is 2. The Labute approximate surface area is 707 Å². The van der Waals surface area contributed by atoms with Gasteiger partial charge >= 0.3 is 23.9 Å². The molecule has 5 N–H and O–H groups in total. The molecule has 0 amide bonds. The molecule has 17 nitrogen and oxygen atoms in total. The zero-order chi connectivity index (χ0) is 85.3. The molecule has 0 radical (unpaired) electrons. The summed E-state index contributed by atoms with van der Waals surface area (Å²) in [5.74, 6) is 0.0378. The van der Waals surface area contributed by atoms with Crippen LogP contribution in [0.5, 0.6) is 0 Å². The third-order valence-corrected chi connectivity index (χ3v) is 34.1. The van der Waals surface area contributed by atoms with Gasteiger partial charge in [0.15, 0.2) is 11.6 Å². The van der Waals surface area contributed by atoms with Crippen LogP contribution in [0.15, 0.2) is 70.8 Å². The van der Waals surface area contributed by atoms with Crippen LogP contribution in [0.4, 0.5) is 0 Å². The number of aldehydes is 1. The summed E-state index contributed by atoms with van der Waals surface area (Å²) < 4.78 is 12.4. The van der Waals surface area contributed by atoms with E-state index in [1.807, 2.05) is 55.4 Å². The Morgan fingerprint density at radius 3 is 1.28 bits per heavy atom. The molecule has 0 bridgehead atoms. The van der Waals surface area contributed by atoms with Crippen LogP contribution in [0.2, 0.25) is 10.0 Å². The number of likely N-dealkylation sites (N-methyl/N-ethyl adjacent to an activating group) is 2. The number of ether oxygens (including phenoxy) is 2. The fraction of sp³-hybridized carbons (Fsp3) is 0.763. The fourth-order valence-electron chi connectivity index (χ4n) is 27.0. The Morgan fingerprint density at radius 1 is 0.526 bits per heavy atom. The number of rotatable bonds is 25. The largest absolute Gasteiger partial charge is 0.481 e. The molecule has 18 atom stereocenters. The van der Waals surface area contributed by atoms with Crippen LogP contribution in [-0.2, 0) is 56.1 Å². The summed E-state index contributed by atoms with van der Waals surface area (Å²) >= 11 is 12.3. The van der Waals surface area contributed by atoms with Gasteiger partial charge in [-0.3, -0.25) is 33.7 Å². The number of aliphatic carboxylic acids is 2. The second-order valence-electron chi connectivity index (χ2n) is 43.0. The molecule has 10 aliphatic carbocycles. The Kier molecular flexibility index (Phi) is 28.8. The Bertz CT molecular complexity index is 3980. The molecule has 8 fully saturated rings. The average molecular weight is 1650 g/mol. The van der Waals surface area contributed by atoms with Crippen molar-refractivity contribution in [2.75, 3.05) is 60.9 Å². The Morgan fingerprint density at radius 2 is 0.922 bits per heavy atom. The van der Waals surface area contributed by atoms with Gasteiger partial charge in [0.25, 0.3) is 0 Å². The van der Waals surface area contributed by atoms with Crippen molar-refractivity contribution in [1.29, 1.82) is 0 Å². The van der Waals surface area contributed by atoms with Gasteiger partial charge in [0.05, 0.1) is 42.4 Å². The number of ketones is 2. The monoisotopic (exact) mass is 1650 g/mol. The second-order valence-corrected chi connectivity index (χ2v) is 43.9. The lowest BCUT2D eigenvalue weighted by Crippen LogP contribution is -2.66. The van der Waals surface area contributed by atoms with E-state index in [-0.39, 0.29) is 111 Å². The van der Waals surface area contributed by atoms with Crippen molar-refractivity contribution in [3.63, 3.8) is 0 Å². The Balaban J connectivity index is 0.000000246. The van der Waals surface area contributed by atoms with Crippen molar-refractivity contribution in [3.8, 4) is 0 Å². The molecule has 650 valence electrons. The second kappa shape index (κ2) is 35.2. The van der Waals surface area contributed by atoms with Gasteiger partial charge in [-0.1, -0.05) is 163 Å². The highest BCUT2D eigenvalue weighted by Crippen LogP contribution is 2.80. The van der Waals surface area contributed by atoms with Crippen molar-refractivity contribution in [1.82, 2.24) is 20.0 Å². The van der Waals surface area contributed by atoms with E-state index in [0.29, 0.717) is 79.3 Å². The third kappa shape index (κ3) is 17.4. The molecular formula is C97H150Cl2N4O13. The first-order valence-corrected chi connectivity index (χ1v) is 44.5. The standard InChI is InChI=1S/C48H73ClN2O6.C44H64ClNO6.C4H9NO.CH4/c1-30(2)40-34(52)26-48(37(53)29-51(25-24-50(10)11)28-31-12-14-32(49)15-13-31)23-22-46(8)33(41(40)48)16-17-36-45(7)20-19-38(57-39(54)27-43(3,4)42(55)56)44(5,6)35(45)18-21-47(36,46)9;1-26(2)36-30(47)22-44(33(48)25-46-24-27-10-12-28(45)13-11-27)21-20-42(8)29(37(36)44)14-15-32-41(7)18-17-34(52-35(49)23-39(3,4)38(50)51)40(5,6)31(41)16-19-43(32,42)9;1-5(2)3-4-6;/h12-15,30,33,35-38,53H,16-29H2,1-11H3,(H,55,56);10-13,26,29,31-34,46,48H,14-25H2,1-9H3,(H,50,51);4H,3H2,1-2H3;1H4/t33-,35+,36-,37+,38+,45+,46-,47-,48+;29-,31+,32-,33+,34+,41+,42-,43-,44+;;/m11../s1. The maximum Gasteiger partial charge on any atom is 0.309 e. The number of nitrogens with zero attached hydrogens (tertiary/aromatic N) is 3. The zero-order valence-corrected chi connectivity index (χ0v) is 75.8. The van der Waals surface area contributed by atoms with Crippen LogP contribution in [0.3, 0.4) is 0 Å². The van der Waals surface area contributed by atoms with Crippen LogP contribution in [0.1, 0.15) is 272 Å². The first kappa shape index (κ1) is 95.0. The van der Waals surface area contributed by atoms with Crippen LogP contribution < -0.4 is 5.32 Å². The van der Waals surface area contributed by atoms with E-state index in [0.717, 1.165) is 144 Å². The molecule has 0 aliphatic heterocycles. The van der Waals surface area contributed by atoms with Gasteiger partial charge in [-0.2, -0.15) is 0 Å². The van der Waals surface area contributed by atoms with Gasteiger partial charge in [0.2, 0.25) is 0 Å². The highest BCUT2D eigenvalue weighted by atomic mass is 35.5. The molecule has 0 aromatic heterocycles. The van der Waals surface area contributed by atoms with E-state index in [1.54, 1.807) is 27.7 Å². The molecule has 19 heteroatoms. The van der Waals surface area contributed by atoms with E-state index in [2.05, 4.69) is 138 Å². The zero-order valence-electron chi connectivity index (χ0n) is 74.3. The minimum atomic E-state index is -1.17. The number of aliphatic hydroxyl groups excluding tert-OH is 2. The number of esters is 2. The molecule has 0 heterocycles. The first-order valence-electron chi connectivity index (χ1n) is 43.8. The number of aliphatic hydroxyl groups is 2. The highest BCUT2D eigenvalue weighted by molar-refractivity contribution is 6.30. The summed E-state index contributed by atoms with van der Waals surface area (Å²) in [5.41, 5.74) is 3.09. The normalized spacial score (nSPS) is 34.7. The number of Topliss-reactive ketones (excluding diaryl/α,β-unsaturated/α-hetero) is 2. The lowest BCUT2D eigenvalue weighted by molar-refractivity contribution is -0.235. The van der Waals surface area contributed by atoms with Crippen molar-refractivity contribution in [2.24, 2.45) is 112 Å². The van der Waals surface area contributed by atoms with Gasteiger partial charge < -0.3 is 49.8 Å². The number of carbonyl (C=O) groups excluding carboxylic acids is 5. The molecule has 2 aromatic rings. The molecule has 0 saturated heterocycles. The predicted octanol–water partition coefficient (Wildman–Crippen LogP) is 19.0. The van der Waals surface area contributed by atoms with Crippen LogP contribution in [0, 0.1) is 112 Å². The minimum Gasteiger partial charge on any atom is -0.481 e. The predicted molar refractivity (Wildman–Crippen MR) is 462 cm³/mol. The molecular weight excluding hydrogens is 1500 g/mol. The summed E-state index contributed by atoms with van der Waals surface area (Å²) in [6.45, 7) is 43.8. The fourth-order valence-corrected chi connectivity index (χ4v) is 27.2. The smallest absolute Gasteiger partial charge is 0.309 e. The highest BCUT2D eigenvalue weighted by Gasteiger charge is 2.73. The summed E-state index contributed by atoms with van der Waals surface area (Å²) in [5, 5.41) is 49.0. The maximum absolute atomic E-state index is 14.3.